The smallest absolute Gasteiger partial charge is 0.101 e. The zero-order valence-corrected chi connectivity index (χ0v) is 43.3. The summed E-state index contributed by atoms with van der Waals surface area (Å²) in [5, 5.41) is 25.6. The molecule has 0 aliphatic heterocycles. The first kappa shape index (κ1) is 47.1. The van der Waals surface area contributed by atoms with E-state index in [0.717, 1.165) is 66.1 Å². The van der Waals surface area contributed by atoms with E-state index in [-0.39, 0.29) is 0 Å². The second-order valence-corrected chi connectivity index (χ2v) is 20.1. The second kappa shape index (κ2) is 19.1. The monoisotopic (exact) mass is 952 g/mol. The Bertz CT molecular complexity index is 4080. The van der Waals surface area contributed by atoms with Gasteiger partial charge in [-0.1, -0.05) is 150 Å². The second-order valence-electron chi connectivity index (χ2n) is 20.1. The van der Waals surface area contributed by atoms with Crippen LogP contribution in [-0.2, 0) is 0 Å². The minimum atomic E-state index is 0.584. The molecule has 0 unspecified atom stereocenters. The van der Waals surface area contributed by atoms with Crippen LogP contribution in [0.25, 0.3) is 99.5 Å². The summed E-state index contributed by atoms with van der Waals surface area (Å²) in [5.74, 6) is 0. The first-order valence-electron chi connectivity index (χ1n) is 25.3. The van der Waals surface area contributed by atoms with Gasteiger partial charge in [-0.15, -0.1) is 0 Å². The van der Waals surface area contributed by atoms with E-state index in [4.69, 9.17) is 0 Å². The van der Waals surface area contributed by atoms with Crippen LogP contribution in [0, 0.1) is 78.1 Å². The van der Waals surface area contributed by atoms with Gasteiger partial charge in [0.2, 0.25) is 0 Å². The van der Waals surface area contributed by atoms with Gasteiger partial charge in [0.25, 0.3) is 0 Å². The van der Waals surface area contributed by atoms with Crippen molar-refractivity contribution < 1.29 is 0 Å². The van der Waals surface area contributed by atoms with E-state index in [2.05, 4.69) is 247 Å². The van der Waals surface area contributed by atoms with Crippen LogP contribution in [0.1, 0.15) is 55.6 Å². The maximum atomic E-state index is 10.5. The lowest BCUT2D eigenvalue weighted by molar-refractivity contribution is 1.16. The summed E-state index contributed by atoms with van der Waals surface area (Å²) < 4.78 is 4.45. The predicted molar refractivity (Wildman–Crippen MR) is 311 cm³/mol. The number of hydrogen-bond acceptors (Lipinski definition) is 2. The molecule has 4 heteroatoms. The van der Waals surface area contributed by atoms with Crippen molar-refractivity contribution in [3.8, 4) is 68.0 Å². The van der Waals surface area contributed by atoms with Gasteiger partial charge < -0.3 is 9.13 Å². The summed E-state index contributed by atoms with van der Waals surface area (Å²) in [7, 11) is 0. The topological polar surface area (TPSA) is 57.4 Å². The van der Waals surface area contributed by atoms with Gasteiger partial charge in [-0.05, 0) is 188 Å². The number of nitrogens with zero attached hydrogens (tertiary/aromatic N) is 4. The molecule has 74 heavy (non-hydrogen) atoms. The van der Waals surface area contributed by atoms with Crippen LogP contribution < -0.4 is 0 Å². The Kier molecular flexibility index (Phi) is 12.2. The van der Waals surface area contributed by atoms with Crippen LogP contribution >= 0.6 is 0 Å². The van der Waals surface area contributed by atoms with Crippen molar-refractivity contribution in [2.24, 2.45) is 0 Å². The molecule has 10 aromatic carbocycles. The molecule has 0 bridgehead atoms. The first-order valence-corrected chi connectivity index (χ1v) is 25.3. The number of nitriles is 2. The third-order valence-electron chi connectivity index (χ3n) is 15.0. The minimum Gasteiger partial charge on any atom is -0.308 e. The summed E-state index contributed by atoms with van der Waals surface area (Å²) in [6, 6.07) is 73.8. The van der Waals surface area contributed by atoms with Crippen molar-refractivity contribution in [3.05, 3.63) is 250 Å². The summed E-state index contributed by atoms with van der Waals surface area (Å²) in [6.45, 7) is 17.2. The number of para-hydroxylation sites is 2. The number of benzene rings is 10. The molecule has 4 nitrogen and oxygen atoms in total. The molecular formula is C70H56N4. The average molecular weight is 953 g/mol. The molecule has 2 aromatic heterocycles. The molecule has 12 rings (SSSR count). The maximum Gasteiger partial charge on any atom is 0.101 e. The molecule has 0 saturated heterocycles. The molecule has 0 fully saturated rings. The Labute approximate surface area is 434 Å². The molecule has 0 N–H and O–H groups in total. The SMILES string of the molecule is Cc1ccc(-c2ccc(C)c(C)c2)c(C)c1.Cc1ccc(-c2ccc3c(c2)c2ccccc2n3-c2cc(-c3ccc(C#N)c(-n4c5ccccc5c5cc(-c6ccc(C)cc6C)ccc54)c3)ccc2C#N)c(C)c1. The summed E-state index contributed by atoms with van der Waals surface area (Å²) in [4.78, 5) is 0. The van der Waals surface area contributed by atoms with Crippen molar-refractivity contribution in [2.45, 2.75) is 55.4 Å². The molecule has 0 atom stereocenters. The van der Waals surface area contributed by atoms with Gasteiger partial charge in [-0.25, -0.2) is 0 Å². The van der Waals surface area contributed by atoms with Crippen molar-refractivity contribution in [3.63, 3.8) is 0 Å². The summed E-state index contributed by atoms with van der Waals surface area (Å²) in [6.07, 6.45) is 0. The van der Waals surface area contributed by atoms with E-state index >= 15 is 0 Å². The molecule has 0 spiro atoms. The van der Waals surface area contributed by atoms with E-state index < -0.39 is 0 Å². The van der Waals surface area contributed by atoms with Crippen LogP contribution in [0.3, 0.4) is 0 Å². The van der Waals surface area contributed by atoms with Crippen molar-refractivity contribution in [1.82, 2.24) is 9.13 Å². The normalized spacial score (nSPS) is 11.2. The highest BCUT2D eigenvalue weighted by Crippen LogP contribution is 2.40. The Balaban J connectivity index is 0.000000314. The lowest BCUT2D eigenvalue weighted by Crippen LogP contribution is -2.00. The number of rotatable bonds is 6. The van der Waals surface area contributed by atoms with Crippen LogP contribution in [0.15, 0.2) is 194 Å². The largest absolute Gasteiger partial charge is 0.308 e. The fraction of sp³-hybridized carbons (Fsp3) is 0.114. The number of hydrogen-bond donors (Lipinski definition) is 0. The van der Waals surface area contributed by atoms with E-state index in [1.165, 1.54) is 77.9 Å². The highest BCUT2D eigenvalue weighted by Gasteiger charge is 2.20. The Morgan fingerprint density at radius 3 is 1.04 bits per heavy atom. The van der Waals surface area contributed by atoms with Gasteiger partial charge in [0.1, 0.15) is 12.1 Å². The van der Waals surface area contributed by atoms with Gasteiger partial charge in [0, 0.05) is 21.5 Å². The highest BCUT2D eigenvalue weighted by atomic mass is 15.0. The molecule has 2 heterocycles. The van der Waals surface area contributed by atoms with E-state index in [1.54, 1.807) is 0 Å². The average Bonchev–Trinajstić information content (AvgIpc) is 3.91. The van der Waals surface area contributed by atoms with Crippen LogP contribution in [0.4, 0.5) is 0 Å². The summed E-state index contributed by atoms with van der Waals surface area (Å²) in [5.41, 5.74) is 26.6. The van der Waals surface area contributed by atoms with Gasteiger partial charge in [-0.2, -0.15) is 10.5 Å². The molecule has 0 aliphatic rings. The molecule has 0 radical (unpaired) electrons. The Morgan fingerprint density at radius 1 is 0.284 bits per heavy atom. The van der Waals surface area contributed by atoms with Gasteiger partial charge in [-0.3, -0.25) is 0 Å². The Morgan fingerprint density at radius 2 is 0.649 bits per heavy atom. The summed E-state index contributed by atoms with van der Waals surface area (Å²) >= 11 is 0. The standard InChI is InChI=1S/C54H38N4.C16H18/c1-33-13-21-43(35(3)25-33)39-19-23-51-47(27-39)45-9-5-7-11-49(45)57(51)53-29-37(15-17-41(53)31-55)38-16-18-42(32-56)54(30-38)58-50-12-8-6-10-46(50)48-28-40(20-24-52(48)58)44-22-14-34(2)26-36(44)4;1-11-5-8-16(14(4)9-11)15-7-6-12(2)13(3)10-15/h5-30H,1-4H3;5-10H,1-4H3. The zero-order chi connectivity index (χ0) is 51.4. The van der Waals surface area contributed by atoms with E-state index in [0.29, 0.717) is 11.1 Å². The van der Waals surface area contributed by atoms with E-state index in [1.807, 2.05) is 24.3 Å². The molecule has 0 saturated carbocycles. The zero-order valence-electron chi connectivity index (χ0n) is 43.3. The first-order chi connectivity index (χ1) is 35.9. The van der Waals surface area contributed by atoms with E-state index in [9.17, 15) is 10.5 Å². The third kappa shape index (κ3) is 8.41. The fourth-order valence-corrected chi connectivity index (χ4v) is 11.1. The van der Waals surface area contributed by atoms with Crippen LogP contribution in [-0.4, -0.2) is 9.13 Å². The minimum absolute atomic E-state index is 0.584. The van der Waals surface area contributed by atoms with Gasteiger partial charge >= 0.3 is 0 Å². The number of aromatic nitrogens is 2. The van der Waals surface area contributed by atoms with Crippen molar-refractivity contribution in [2.75, 3.05) is 0 Å². The quantitative estimate of drug-likeness (QED) is 0.167. The Hall–Kier alpha value is -9.22. The van der Waals surface area contributed by atoms with Crippen LogP contribution in [0.2, 0.25) is 0 Å². The molecular weight excluding hydrogens is 897 g/mol. The third-order valence-corrected chi connectivity index (χ3v) is 15.0. The fourth-order valence-electron chi connectivity index (χ4n) is 11.1. The molecule has 0 aliphatic carbocycles. The number of fused-ring (bicyclic) bond motifs is 6. The van der Waals surface area contributed by atoms with Crippen LogP contribution in [0.5, 0.6) is 0 Å². The predicted octanol–water partition coefficient (Wildman–Crippen LogP) is 18.4. The lowest BCUT2D eigenvalue weighted by Gasteiger charge is -2.15. The number of aryl methyl sites for hydroxylation is 8. The highest BCUT2D eigenvalue weighted by molar-refractivity contribution is 6.12. The van der Waals surface area contributed by atoms with Crippen molar-refractivity contribution >= 4 is 43.6 Å². The molecule has 12 aromatic rings. The van der Waals surface area contributed by atoms with Gasteiger partial charge in [0.05, 0.1) is 44.6 Å². The molecule has 0 amide bonds. The molecule has 356 valence electrons. The maximum absolute atomic E-state index is 10.5. The van der Waals surface area contributed by atoms with Gasteiger partial charge in [0.15, 0.2) is 0 Å². The van der Waals surface area contributed by atoms with Crippen molar-refractivity contribution in [1.29, 1.82) is 10.5 Å². The lowest BCUT2D eigenvalue weighted by atomic mass is 9.96.